The van der Waals surface area contributed by atoms with E-state index in [1.54, 1.807) is 6.92 Å². The molecule has 0 radical (unpaired) electrons. The third kappa shape index (κ3) is 2.44. The van der Waals surface area contributed by atoms with Gasteiger partial charge in [-0.2, -0.15) is 0 Å². The molecule has 0 aliphatic heterocycles. The molecule has 0 aromatic heterocycles. The van der Waals surface area contributed by atoms with Crippen LogP contribution < -0.4 is 5.32 Å². The van der Waals surface area contributed by atoms with Crippen LogP contribution in [0.2, 0.25) is 0 Å². The van der Waals surface area contributed by atoms with Crippen LogP contribution >= 0.6 is 0 Å². The molecule has 26 heavy (non-hydrogen) atoms. The fraction of sp³-hybridized carbons (Fsp3) is 0.864. The molecule has 0 heterocycles. The van der Waals surface area contributed by atoms with Crippen molar-refractivity contribution in [2.45, 2.75) is 84.0 Å². The molecule has 4 heteroatoms. The van der Waals surface area contributed by atoms with Crippen LogP contribution in [-0.2, 0) is 4.79 Å². The van der Waals surface area contributed by atoms with Crippen molar-refractivity contribution in [2.75, 3.05) is 0 Å². The van der Waals surface area contributed by atoms with Crippen molar-refractivity contribution in [3.05, 3.63) is 12.2 Å². The lowest BCUT2D eigenvalue weighted by atomic mass is 9.43. The number of carbonyl (C=O) groups is 1. The molecule has 4 nitrogen and oxygen atoms in total. The van der Waals surface area contributed by atoms with Crippen molar-refractivity contribution in [2.24, 2.45) is 34.5 Å². The highest BCUT2D eigenvalue weighted by Gasteiger charge is 2.63. The number of fused-ring (bicyclic) bond motifs is 5. The van der Waals surface area contributed by atoms with Gasteiger partial charge in [-0.3, -0.25) is 4.79 Å². The highest BCUT2D eigenvalue weighted by molar-refractivity contribution is 5.73. The second-order valence-corrected chi connectivity index (χ2v) is 10.2. The van der Waals surface area contributed by atoms with Gasteiger partial charge in [0, 0.05) is 13.0 Å². The Bertz CT molecular complexity index is 619. The van der Waals surface area contributed by atoms with Crippen LogP contribution in [0.25, 0.3) is 0 Å². The van der Waals surface area contributed by atoms with Crippen LogP contribution in [0, 0.1) is 34.5 Å². The third-order valence-corrected chi connectivity index (χ3v) is 9.12. The minimum absolute atomic E-state index is 0.000211. The van der Waals surface area contributed by atoms with Crippen molar-refractivity contribution in [1.29, 1.82) is 0 Å². The fourth-order valence-corrected chi connectivity index (χ4v) is 7.59. The minimum Gasteiger partial charge on any atom is -0.390 e. The highest BCUT2D eigenvalue weighted by atomic mass is 16.3. The van der Waals surface area contributed by atoms with E-state index in [1.165, 1.54) is 5.57 Å². The number of hydrogen-bond acceptors (Lipinski definition) is 3. The summed E-state index contributed by atoms with van der Waals surface area (Å²) in [6, 6.07) is 0.129. The van der Waals surface area contributed by atoms with Crippen molar-refractivity contribution >= 4 is 5.91 Å². The van der Waals surface area contributed by atoms with Crippen LogP contribution in [-0.4, -0.2) is 34.4 Å². The van der Waals surface area contributed by atoms with Gasteiger partial charge < -0.3 is 15.5 Å². The summed E-state index contributed by atoms with van der Waals surface area (Å²) in [6.07, 6.45) is 5.92. The van der Waals surface area contributed by atoms with Gasteiger partial charge in [-0.1, -0.05) is 26.0 Å². The van der Waals surface area contributed by atoms with Gasteiger partial charge in [0.25, 0.3) is 0 Å². The molecule has 4 rings (SSSR count). The number of amides is 1. The maximum absolute atomic E-state index is 11.5. The van der Waals surface area contributed by atoms with Crippen LogP contribution in [0.4, 0.5) is 0 Å². The van der Waals surface area contributed by atoms with E-state index in [4.69, 9.17) is 0 Å². The Morgan fingerprint density at radius 1 is 1.08 bits per heavy atom. The zero-order chi connectivity index (χ0) is 18.9. The van der Waals surface area contributed by atoms with Gasteiger partial charge in [-0.05, 0) is 79.4 Å². The summed E-state index contributed by atoms with van der Waals surface area (Å²) in [5, 5.41) is 25.3. The van der Waals surface area contributed by atoms with Gasteiger partial charge in [0.2, 0.25) is 5.91 Å². The van der Waals surface area contributed by atoms with E-state index in [0.29, 0.717) is 11.8 Å². The largest absolute Gasteiger partial charge is 0.390 e. The smallest absolute Gasteiger partial charge is 0.217 e. The molecule has 0 saturated heterocycles. The molecule has 0 bridgehead atoms. The number of hydrogen-bond donors (Lipinski definition) is 3. The third-order valence-electron chi connectivity index (χ3n) is 9.12. The van der Waals surface area contributed by atoms with Crippen molar-refractivity contribution < 1.29 is 15.0 Å². The Labute approximate surface area is 157 Å². The minimum atomic E-state index is -0.686. The van der Waals surface area contributed by atoms with Crippen molar-refractivity contribution in [1.82, 2.24) is 5.32 Å². The van der Waals surface area contributed by atoms with Crippen molar-refractivity contribution in [3.8, 4) is 0 Å². The molecule has 4 aliphatic rings. The number of carbonyl (C=O) groups excluding carboxylic acids is 1. The Morgan fingerprint density at radius 3 is 2.50 bits per heavy atom. The molecule has 4 saturated carbocycles. The molecule has 4 fully saturated rings. The lowest BCUT2D eigenvalue weighted by Gasteiger charge is -2.63. The first-order valence-corrected chi connectivity index (χ1v) is 10.5. The Balaban J connectivity index is 1.64. The number of aliphatic hydroxyl groups is 2. The number of aliphatic hydroxyl groups excluding tert-OH is 2. The van der Waals surface area contributed by atoms with E-state index in [9.17, 15) is 15.0 Å². The van der Waals surface area contributed by atoms with E-state index < -0.39 is 12.2 Å². The summed E-state index contributed by atoms with van der Waals surface area (Å²) in [7, 11) is 0. The van der Waals surface area contributed by atoms with Gasteiger partial charge >= 0.3 is 0 Å². The predicted molar refractivity (Wildman–Crippen MR) is 101 cm³/mol. The summed E-state index contributed by atoms with van der Waals surface area (Å²) >= 11 is 0. The van der Waals surface area contributed by atoms with Gasteiger partial charge in [0.1, 0.15) is 0 Å². The summed E-state index contributed by atoms with van der Waals surface area (Å²) in [5.74, 6) is 1.16. The molecule has 146 valence electrons. The van der Waals surface area contributed by atoms with Crippen LogP contribution in [0.15, 0.2) is 12.2 Å². The van der Waals surface area contributed by atoms with Crippen LogP contribution in [0.5, 0.6) is 0 Å². The molecule has 0 aromatic rings. The van der Waals surface area contributed by atoms with Crippen molar-refractivity contribution in [3.63, 3.8) is 0 Å². The molecule has 3 unspecified atom stereocenters. The molecule has 1 amide bonds. The first-order valence-electron chi connectivity index (χ1n) is 10.5. The lowest BCUT2D eigenvalue weighted by Crippen LogP contribution is -2.64. The van der Waals surface area contributed by atoms with E-state index >= 15 is 0 Å². The Morgan fingerprint density at radius 2 is 1.81 bits per heavy atom. The molecular formula is C22H35NO3. The zero-order valence-electron chi connectivity index (χ0n) is 16.5. The van der Waals surface area contributed by atoms with Gasteiger partial charge in [0.15, 0.2) is 0 Å². The lowest BCUT2D eigenvalue weighted by molar-refractivity contribution is -0.211. The second-order valence-electron chi connectivity index (χ2n) is 10.2. The fourth-order valence-electron chi connectivity index (χ4n) is 7.59. The maximum atomic E-state index is 11.5. The average molecular weight is 362 g/mol. The van der Waals surface area contributed by atoms with E-state index in [0.717, 1.165) is 44.9 Å². The van der Waals surface area contributed by atoms with E-state index in [-0.39, 0.29) is 34.6 Å². The normalized spacial score (nSPS) is 53.4. The standard InChI is InChI=1S/C22H35NO3/c1-12-5-6-15-18-16(8-10-21(12,15)3)22(4)9-7-14(23-13(2)24)11-17(22)19(25)20(18)26/h14-20,25-26H,1,5-11H2,2-4H3,(H,23,24)/t14-,15-,16-,17?,18?,19+,20?,21+,22+/m0/s1. The SMILES string of the molecule is C=C1CC[C@H]2C3C(O)[C@H](O)C4C[C@@H](NC(C)=O)CC[C@]4(C)[C@H]3CC[C@]12C. The monoisotopic (exact) mass is 361 g/mol. The summed E-state index contributed by atoms with van der Waals surface area (Å²) < 4.78 is 0. The summed E-state index contributed by atoms with van der Waals surface area (Å²) in [6.45, 7) is 10.6. The summed E-state index contributed by atoms with van der Waals surface area (Å²) in [5.41, 5.74) is 1.55. The number of rotatable bonds is 1. The molecular weight excluding hydrogens is 326 g/mol. The van der Waals surface area contributed by atoms with E-state index in [2.05, 4.69) is 25.7 Å². The highest BCUT2D eigenvalue weighted by Crippen LogP contribution is 2.67. The van der Waals surface area contributed by atoms with E-state index in [1.807, 2.05) is 0 Å². The number of allylic oxidation sites excluding steroid dienone is 1. The Kier molecular flexibility index (Phi) is 4.31. The zero-order valence-corrected chi connectivity index (χ0v) is 16.5. The van der Waals surface area contributed by atoms with Gasteiger partial charge in [-0.25, -0.2) is 0 Å². The molecule has 4 aliphatic carbocycles. The van der Waals surface area contributed by atoms with Crippen LogP contribution in [0.1, 0.15) is 65.7 Å². The molecule has 9 atom stereocenters. The number of nitrogens with one attached hydrogen (secondary N) is 1. The first kappa shape index (κ1) is 18.5. The molecule has 3 N–H and O–H groups in total. The second kappa shape index (κ2) is 6.07. The summed E-state index contributed by atoms with van der Waals surface area (Å²) in [4.78, 5) is 11.5. The quantitative estimate of drug-likeness (QED) is 0.629. The molecule has 0 spiro atoms. The topological polar surface area (TPSA) is 69.6 Å². The van der Waals surface area contributed by atoms with Gasteiger partial charge in [-0.15, -0.1) is 0 Å². The Hall–Kier alpha value is -0.870. The first-order chi connectivity index (χ1) is 12.2. The van der Waals surface area contributed by atoms with Gasteiger partial charge in [0.05, 0.1) is 12.2 Å². The van der Waals surface area contributed by atoms with Crippen LogP contribution in [0.3, 0.4) is 0 Å². The average Bonchev–Trinajstić information content (AvgIpc) is 2.88. The predicted octanol–water partition coefficient (Wildman–Crippen LogP) is 3.03. The molecule has 0 aromatic carbocycles. The maximum Gasteiger partial charge on any atom is 0.217 e.